The van der Waals surface area contributed by atoms with Crippen LogP contribution in [0.3, 0.4) is 0 Å². The van der Waals surface area contributed by atoms with Gasteiger partial charge in [0.2, 0.25) is 0 Å². The fourth-order valence-electron chi connectivity index (χ4n) is 1.64. The van der Waals surface area contributed by atoms with E-state index >= 15 is 0 Å². The lowest BCUT2D eigenvalue weighted by molar-refractivity contribution is -0.137. The maximum absolute atomic E-state index is 10.8. The zero-order valence-corrected chi connectivity index (χ0v) is 10.4. The molecule has 0 bridgehead atoms. The van der Waals surface area contributed by atoms with E-state index in [1.54, 1.807) is 12.1 Å². The molecule has 0 spiro atoms. The molecule has 1 atom stereocenters. The van der Waals surface area contributed by atoms with Crippen LogP contribution in [0.25, 0.3) is 0 Å². The highest BCUT2D eigenvalue weighted by Crippen LogP contribution is 2.18. The number of nitrogens with one attached hydrogen (secondary N) is 1. The van der Waals surface area contributed by atoms with Gasteiger partial charge >= 0.3 is 11.9 Å². The van der Waals surface area contributed by atoms with Crippen molar-refractivity contribution in [1.82, 2.24) is 0 Å². The first kappa shape index (κ1) is 14.0. The standard InChI is InChI=1S/C13H17NO4/c1-8-7-10(13(17)18)4-5-11(8)14-9(2)3-6-12(15)16/h4-5,7,9,14H,3,6H2,1-2H3,(H,15,16)(H,17,18). The molecule has 5 nitrogen and oxygen atoms in total. The average molecular weight is 251 g/mol. The van der Waals surface area contributed by atoms with Gasteiger partial charge in [-0.05, 0) is 44.0 Å². The van der Waals surface area contributed by atoms with Crippen molar-refractivity contribution in [2.75, 3.05) is 5.32 Å². The van der Waals surface area contributed by atoms with E-state index in [-0.39, 0.29) is 18.0 Å². The van der Waals surface area contributed by atoms with Crippen molar-refractivity contribution < 1.29 is 19.8 Å². The summed E-state index contributed by atoms with van der Waals surface area (Å²) in [7, 11) is 0. The van der Waals surface area contributed by atoms with Crippen LogP contribution in [0.5, 0.6) is 0 Å². The largest absolute Gasteiger partial charge is 0.481 e. The molecule has 3 N–H and O–H groups in total. The quantitative estimate of drug-likeness (QED) is 0.722. The summed E-state index contributed by atoms with van der Waals surface area (Å²) in [6, 6.07) is 4.85. The Morgan fingerprint density at radius 3 is 2.50 bits per heavy atom. The van der Waals surface area contributed by atoms with Gasteiger partial charge in [0.05, 0.1) is 5.56 Å². The summed E-state index contributed by atoms with van der Waals surface area (Å²) in [5, 5.41) is 20.6. The Balaban J connectivity index is 2.67. The van der Waals surface area contributed by atoms with Crippen LogP contribution in [-0.2, 0) is 4.79 Å². The zero-order chi connectivity index (χ0) is 13.7. The van der Waals surface area contributed by atoms with Crippen molar-refractivity contribution in [2.24, 2.45) is 0 Å². The Morgan fingerprint density at radius 2 is 2.00 bits per heavy atom. The number of carboxylic acids is 2. The van der Waals surface area contributed by atoms with E-state index in [0.717, 1.165) is 11.3 Å². The number of hydrogen-bond acceptors (Lipinski definition) is 3. The topological polar surface area (TPSA) is 86.6 Å². The van der Waals surface area contributed by atoms with Crippen LogP contribution < -0.4 is 5.32 Å². The number of carboxylic acid groups (broad SMARTS) is 2. The van der Waals surface area contributed by atoms with E-state index in [1.165, 1.54) is 6.07 Å². The molecule has 1 aromatic rings. The zero-order valence-electron chi connectivity index (χ0n) is 10.4. The normalized spacial score (nSPS) is 11.9. The molecular formula is C13H17NO4. The van der Waals surface area contributed by atoms with Gasteiger partial charge in [0.25, 0.3) is 0 Å². The third kappa shape index (κ3) is 4.08. The van der Waals surface area contributed by atoms with Crippen molar-refractivity contribution in [2.45, 2.75) is 32.7 Å². The van der Waals surface area contributed by atoms with Gasteiger partial charge in [0, 0.05) is 18.2 Å². The Hall–Kier alpha value is -2.04. The summed E-state index contributed by atoms with van der Waals surface area (Å²) in [6.07, 6.45) is 0.635. The second kappa shape index (κ2) is 6.05. The molecule has 1 unspecified atom stereocenters. The first-order chi connectivity index (χ1) is 8.40. The number of aryl methyl sites for hydroxylation is 1. The van der Waals surface area contributed by atoms with E-state index in [4.69, 9.17) is 10.2 Å². The van der Waals surface area contributed by atoms with Gasteiger partial charge in [0.15, 0.2) is 0 Å². The van der Waals surface area contributed by atoms with Crippen LogP contribution in [0, 0.1) is 6.92 Å². The number of hydrogen-bond donors (Lipinski definition) is 3. The average Bonchev–Trinajstić information content (AvgIpc) is 2.29. The molecule has 0 aliphatic carbocycles. The van der Waals surface area contributed by atoms with Crippen molar-refractivity contribution in [3.63, 3.8) is 0 Å². The smallest absolute Gasteiger partial charge is 0.335 e. The number of aromatic carboxylic acids is 1. The van der Waals surface area contributed by atoms with Crippen molar-refractivity contribution in [1.29, 1.82) is 0 Å². The maximum Gasteiger partial charge on any atom is 0.335 e. The van der Waals surface area contributed by atoms with Crippen LogP contribution in [0.1, 0.15) is 35.7 Å². The van der Waals surface area contributed by atoms with E-state index < -0.39 is 11.9 Å². The molecule has 0 aliphatic heterocycles. The lowest BCUT2D eigenvalue weighted by Gasteiger charge is -2.16. The number of carbonyl (C=O) groups is 2. The summed E-state index contributed by atoms with van der Waals surface area (Å²) in [4.78, 5) is 21.2. The molecule has 0 saturated carbocycles. The van der Waals surface area contributed by atoms with Crippen LogP contribution in [0.2, 0.25) is 0 Å². The molecule has 0 heterocycles. The second-order valence-corrected chi connectivity index (χ2v) is 4.31. The summed E-state index contributed by atoms with van der Waals surface area (Å²) < 4.78 is 0. The molecule has 5 heteroatoms. The summed E-state index contributed by atoms with van der Waals surface area (Å²) in [6.45, 7) is 3.71. The minimum Gasteiger partial charge on any atom is -0.481 e. The summed E-state index contributed by atoms with van der Waals surface area (Å²) >= 11 is 0. The molecule has 18 heavy (non-hydrogen) atoms. The number of benzene rings is 1. The van der Waals surface area contributed by atoms with Crippen molar-refractivity contribution in [3.05, 3.63) is 29.3 Å². The van der Waals surface area contributed by atoms with Crippen LogP contribution in [0.15, 0.2) is 18.2 Å². The van der Waals surface area contributed by atoms with Crippen molar-refractivity contribution >= 4 is 17.6 Å². The van der Waals surface area contributed by atoms with Gasteiger partial charge in [0.1, 0.15) is 0 Å². The van der Waals surface area contributed by atoms with E-state index in [0.29, 0.717) is 6.42 Å². The highest BCUT2D eigenvalue weighted by molar-refractivity contribution is 5.88. The predicted molar refractivity (Wildman–Crippen MR) is 68.1 cm³/mol. The Labute approximate surface area is 105 Å². The minimum absolute atomic E-state index is 0.0236. The Bertz CT molecular complexity index is 456. The van der Waals surface area contributed by atoms with Gasteiger partial charge in [-0.1, -0.05) is 0 Å². The number of rotatable bonds is 6. The molecular weight excluding hydrogens is 234 g/mol. The fraction of sp³-hybridized carbons (Fsp3) is 0.385. The van der Waals surface area contributed by atoms with E-state index in [1.807, 2.05) is 13.8 Å². The monoisotopic (exact) mass is 251 g/mol. The first-order valence-corrected chi connectivity index (χ1v) is 5.72. The lowest BCUT2D eigenvalue weighted by Crippen LogP contribution is -2.17. The molecule has 0 aromatic heterocycles. The highest BCUT2D eigenvalue weighted by atomic mass is 16.4. The van der Waals surface area contributed by atoms with Gasteiger partial charge in [-0.2, -0.15) is 0 Å². The van der Waals surface area contributed by atoms with Gasteiger partial charge < -0.3 is 15.5 Å². The molecule has 98 valence electrons. The molecule has 0 saturated heterocycles. The Kier molecular flexibility index (Phi) is 4.71. The third-order valence-corrected chi connectivity index (χ3v) is 2.67. The van der Waals surface area contributed by atoms with Crippen molar-refractivity contribution in [3.8, 4) is 0 Å². The maximum atomic E-state index is 10.8. The summed E-state index contributed by atoms with van der Waals surface area (Å²) in [5.74, 6) is -1.77. The Morgan fingerprint density at radius 1 is 1.33 bits per heavy atom. The van der Waals surface area contributed by atoms with Gasteiger partial charge in [-0.25, -0.2) is 4.79 Å². The van der Waals surface area contributed by atoms with E-state index in [2.05, 4.69) is 5.32 Å². The fourth-order valence-corrected chi connectivity index (χ4v) is 1.64. The van der Waals surface area contributed by atoms with Crippen LogP contribution in [-0.4, -0.2) is 28.2 Å². The highest BCUT2D eigenvalue weighted by Gasteiger charge is 2.09. The van der Waals surface area contributed by atoms with Gasteiger partial charge in [-0.3, -0.25) is 4.79 Å². The van der Waals surface area contributed by atoms with Crippen LogP contribution >= 0.6 is 0 Å². The van der Waals surface area contributed by atoms with E-state index in [9.17, 15) is 9.59 Å². The number of aliphatic carboxylic acids is 1. The molecule has 0 fully saturated rings. The third-order valence-electron chi connectivity index (χ3n) is 2.67. The molecule has 1 aromatic carbocycles. The predicted octanol–water partition coefficient (Wildman–Crippen LogP) is 2.36. The van der Waals surface area contributed by atoms with Gasteiger partial charge in [-0.15, -0.1) is 0 Å². The number of anilines is 1. The second-order valence-electron chi connectivity index (χ2n) is 4.31. The molecule has 0 amide bonds. The summed E-state index contributed by atoms with van der Waals surface area (Å²) in [5.41, 5.74) is 1.91. The molecule has 1 rings (SSSR count). The first-order valence-electron chi connectivity index (χ1n) is 5.72. The lowest BCUT2D eigenvalue weighted by atomic mass is 10.1. The minimum atomic E-state index is -0.955. The molecule has 0 radical (unpaired) electrons. The van der Waals surface area contributed by atoms with Crippen LogP contribution in [0.4, 0.5) is 5.69 Å². The molecule has 0 aliphatic rings. The SMILES string of the molecule is Cc1cc(C(=O)O)ccc1NC(C)CCC(=O)O.